The summed E-state index contributed by atoms with van der Waals surface area (Å²) in [6, 6.07) is 17.4. The SMILES string of the molecule is O=C(NN=Cc1ccc(Cl)c([N+](=O)[O-])c1)c1cc2c(ccc3ccccc32)o1. The Kier molecular flexibility index (Phi) is 4.50. The molecule has 0 aliphatic heterocycles. The molecule has 4 aromatic rings. The quantitative estimate of drug-likeness (QED) is 0.302. The van der Waals surface area contributed by atoms with Crippen molar-refractivity contribution in [2.45, 2.75) is 0 Å². The zero-order chi connectivity index (χ0) is 19.7. The van der Waals surface area contributed by atoms with Gasteiger partial charge in [-0.1, -0.05) is 48.0 Å². The Hall–Kier alpha value is -3.71. The molecule has 0 bridgehead atoms. The van der Waals surface area contributed by atoms with Gasteiger partial charge in [0.25, 0.3) is 5.69 Å². The fraction of sp³-hybridized carbons (Fsp3) is 0. The van der Waals surface area contributed by atoms with Gasteiger partial charge in [0.05, 0.1) is 11.1 Å². The number of nitrogens with one attached hydrogen (secondary N) is 1. The van der Waals surface area contributed by atoms with Crippen LogP contribution in [0.15, 0.2) is 70.2 Å². The van der Waals surface area contributed by atoms with Crippen LogP contribution in [0.3, 0.4) is 0 Å². The molecular formula is C20H12ClN3O4. The number of furan rings is 1. The van der Waals surface area contributed by atoms with Crippen LogP contribution in [0.25, 0.3) is 21.7 Å². The summed E-state index contributed by atoms with van der Waals surface area (Å²) in [6.45, 7) is 0. The number of fused-ring (bicyclic) bond motifs is 3. The van der Waals surface area contributed by atoms with Crippen molar-refractivity contribution in [1.82, 2.24) is 5.43 Å². The number of nitro benzene ring substituents is 1. The van der Waals surface area contributed by atoms with Gasteiger partial charge in [-0.15, -0.1) is 0 Å². The van der Waals surface area contributed by atoms with Gasteiger partial charge in [-0.2, -0.15) is 5.10 Å². The third-order valence-electron chi connectivity index (χ3n) is 4.20. The molecule has 3 aromatic carbocycles. The summed E-state index contributed by atoms with van der Waals surface area (Å²) in [5, 5.41) is 17.6. The number of benzene rings is 3. The second-order valence-electron chi connectivity index (χ2n) is 5.98. The third kappa shape index (κ3) is 3.30. The van der Waals surface area contributed by atoms with E-state index in [1.165, 1.54) is 18.3 Å². The van der Waals surface area contributed by atoms with E-state index in [9.17, 15) is 14.9 Å². The number of nitrogens with zero attached hydrogens (tertiary/aromatic N) is 2. The predicted octanol–water partition coefficient (Wildman–Crippen LogP) is 4.91. The van der Waals surface area contributed by atoms with Crippen LogP contribution in [0, 0.1) is 10.1 Å². The number of rotatable bonds is 4. The van der Waals surface area contributed by atoms with Gasteiger partial charge in [-0.25, -0.2) is 5.43 Å². The van der Waals surface area contributed by atoms with Crippen molar-refractivity contribution in [1.29, 1.82) is 0 Å². The number of carbonyl (C=O) groups is 1. The minimum Gasteiger partial charge on any atom is -0.451 e. The molecule has 1 aromatic heterocycles. The summed E-state index contributed by atoms with van der Waals surface area (Å²) < 4.78 is 5.61. The van der Waals surface area contributed by atoms with Crippen molar-refractivity contribution in [2.75, 3.05) is 0 Å². The first-order valence-electron chi connectivity index (χ1n) is 8.21. The van der Waals surface area contributed by atoms with Gasteiger partial charge in [0.1, 0.15) is 10.6 Å². The standard InChI is InChI=1S/C20H12ClN3O4/c21-16-7-5-12(9-17(16)24(26)27)11-22-23-20(25)19-10-15-14-4-2-1-3-13(14)6-8-18(15)28-19/h1-11H,(H,23,25). The van der Waals surface area contributed by atoms with E-state index < -0.39 is 10.8 Å². The molecule has 1 heterocycles. The number of halogens is 1. The van der Waals surface area contributed by atoms with Crippen molar-refractivity contribution < 1.29 is 14.1 Å². The lowest BCUT2D eigenvalue weighted by Crippen LogP contribution is -2.16. The fourth-order valence-corrected chi connectivity index (χ4v) is 3.06. The second-order valence-corrected chi connectivity index (χ2v) is 6.38. The third-order valence-corrected chi connectivity index (χ3v) is 4.52. The van der Waals surface area contributed by atoms with Crippen molar-refractivity contribution in [3.63, 3.8) is 0 Å². The molecule has 0 saturated heterocycles. The Balaban J connectivity index is 1.56. The van der Waals surface area contributed by atoms with Crippen LogP contribution in [0.2, 0.25) is 5.02 Å². The van der Waals surface area contributed by atoms with Crippen LogP contribution in [0.5, 0.6) is 0 Å². The van der Waals surface area contributed by atoms with E-state index in [-0.39, 0.29) is 16.5 Å². The van der Waals surface area contributed by atoms with Crippen LogP contribution >= 0.6 is 11.6 Å². The Morgan fingerprint density at radius 3 is 2.75 bits per heavy atom. The van der Waals surface area contributed by atoms with E-state index in [1.54, 1.807) is 12.1 Å². The average molecular weight is 394 g/mol. The summed E-state index contributed by atoms with van der Waals surface area (Å²) in [4.78, 5) is 22.6. The predicted molar refractivity (Wildman–Crippen MR) is 107 cm³/mol. The Morgan fingerprint density at radius 2 is 1.93 bits per heavy atom. The Labute approximate surface area is 163 Å². The molecule has 0 spiro atoms. The monoisotopic (exact) mass is 393 g/mol. The summed E-state index contributed by atoms with van der Waals surface area (Å²) >= 11 is 5.77. The van der Waals surface area contributed by atoms with E-state index in [1.807, 2.05) is 36.4 Å². The lowest BCUT2D eigenvalue weighted by Gasteiger charge is -1.98. The topological polar surface area (TPSA) is 97.7 Å². The molecule has 0 radical (unpaired) electrons. The zero-order valence-electron chi connectivity index (χ0n) is 14.3. The van der Waals surface area contributed by atoms with Gasteiger partial charge in [0.2, 0.25) is 0 Å². The maximum Gasteiger partial charge on any atom is 0.307 e. The lowest BCUT2D eigenvalue weighted by atomic mass is 10.1. The van der Waals surface area contributed by atoms with Gasteiger partial charge >= 0.3 is 5.91 Å². The number of nitro groups is 1. The normalized spacial score (nSPS) is 11.3. The molecule has 4 rings (SSSR count). The van der Waals surface area contributed by atoms with Crippen LogP contribution < -0.4 is 5.43 Å². The number of amides is 1. The molecule has 138 valence electrons. The van der Waals surface area contributed by atoms with Gasteiger partial charge in [0.15, 0.2) is 5.76 Å². The molecule has 1 N–H and O–H groups in total. The summed E-state index contributed by atoms with van der Waals surface area (Å²) in [5.74, 6) is -0.411. The molecule has 0 saturated carbocycles. The van der Waals surface area contributed by atoms with Crippen LogP contribution in [-0.4, -0.2) is 17.0 Å². The molecule has 0 fully saturated rings. The largest absolute Gasteiger partial charge is 0.451 e. The highest BCUT2D eigenvalue weighted by Crippen LogP contribution is 2.28. The lowest BCUT2D eigenvalue weighted by molar-refractivity contribution is -0.384. The number of carbonyl (C=O) groups excluding carboxylic acids is 1. The summed E-state index contributed by atoms with van der Waals surface area (Å²) in [6.07, 6.45) is 1.29. The number of hydrogen-bond acceptors (Lipinski definition) is 5. The molecule has 28 heavy (non-hydrogen) atoms. The maximum absolute atomic E-state index is 12.3. The van der Waals surface area contributed by atoms with E-state index in [0.717, 1.165) is 16.2 Å². The first kappa shape index (κ1) is 17.7. The maximum atomic E-state index is 12.3. The van der Waals surface area contributed by atoms with E-state index in [4.69, 9.17) is 16.0 Å². The smallest absolute Gasteiger partial charge is 0.307 e. The first-order valence-corrected chi connectivity index (χ1v) is 8.59. The Morgan fingerprint density at radius 1 is 1.11 bits per heavy atom. The molecule has 0 atom stereocenters. The van der Waals surface area contributed by atoms with Crippen LogP contribution in [0.4, 0.5) is 5.69 Å². The van der Waals surface area contributed by atoms with E-state index in [2.05, 4.69) is 10.5 Å². The molecule has 0 unspecified atom stereocenters. The highest BCUT2D eigenvalue weighted by Gasteiger charge is 2.14. The molecular weight excluding hydrogens is 382 g/mol. The number of hydrazone groups is 1. The van der Waals surface area contributed by atoms with E-state index in [0.29, 0.717) is 11.1 Å². The second kappa shape index (κ2) is 7.13. The zero-order valence-corrected chi connectivity index (χ0v) is 15.0. The van der Waals surface area contributed by atoms with Crippen molar-refractivity contribution in [2.24, 2.45) is 5.10 Å². The minimum absolute atomic E-state index is 0.0284. The van der Waals surface area contributed by atoms with Gasteiger partial charge in [-0.3, -0.25) is 14.9 Å². The minimum atomic E-state index is -0.586. The summed E-state index contributed by atoms with van der Waals surface area (Å²) in [7, 11) is 0. The molecule has 1 amide bonds. The fourth-order valence-electron chi connectivity index (χ4n) is 2.87. The molecule has 8 heteroatoms. The van der Waals surface area contributed by atoms with Crippen LogP contribution in [-0.2, 0) is 0 Å². The molecule has 0 aliphatic rings. The van der Waals surface area contributed by atoms with E-state index >= 15 is 0 Å². The summed E-state index contributed by atoms with van der Waals surface area (Å²) in [5.41, 5.74) is 3.14. The van der Waals surface area contributed by atoms with Crippen molar-refractivity contribution >= 4 is 51.2 Å². The van der Waals surface area contributed by atoms with Gasteiger partial charge < -0.3 is 4.42 Å². The average Bonchev–Trinajstić information content (AvgIpc) is 3.14. The van der Waals surface area contributed by atoms with Crippen molar-refractivity contribution in [3.8, 4) is 0 Å². The van der Waals surface area contributed by atoms with Crippen molar-refractivity contribution in [3.05, 3.63) is 87.1 Å². The Bertz CT molecular complexity index is 1260. The van der Waals surface area contributed by atoms with Gasteiger partial charge in [0, 0.05) is 17.0 Å². The van der Waals surface area contributed by atoms with Gasteiger partial charge in [-0.05, 0) is 29.0 Å². The highest BCUT2D eigenvalue weighted by molar-refractivity contribution is 6.32. The van der Waals surface area contributed by atoms with Crippen LogP contribution in [0.1, 0.15) is 16.1 Å². The molecule has 0 aliphatic carbocycles. The highest BCUT2D eigenvalue weighted by atomic mass is 35.5. The first-order chi connectivity index (χ1) is 13.5. The number of hydrogen-bond donors (Lipinski definition) is 1. The molecule has 7 nitrogen and oxygen atoms in total.